The molecule has 3 rings (SSSR count). The molecule has 0 spiro atoms. The van der Waals surface area contributed by atoms with E-state index in [9.17, 15) is 4.79 Å². The first-order valence-electron chi connectivity index (χ1n) is 8.99. The second kappa shape index (κ2) is 9.06. The van der Waals surface area contributed by atoms with Gasteiger partial charge in [0, 0.05) is 18.1 Å². The topological polar surface area (TPSA) is 49.8 Å². The molecule has 5 heteroatoms. The van der Waals surface area contributed by atoms with Gasteiger partial charge >= 0.3 is 0 Å². The average Bonchev–Trinajstić information content (AvgIpc) is 3.15. The fourth-order valence-electron chi connectivity index (χ4n) is 3.28. The molecular formula is C21H24ClNO3. The molecule has 1 aliphatic rings. The van der Waals surface area contributed by atoms with E-state index in [0.717, 1.165) is 42.9 Å². The third kappa shape index (κ3) is 4.99. The van der Waals surface area contributed by atoms with Gasteiger partial charge in [0.25, 0.3) is 5.91 Å². The van der Waals surface area contributed by atoms with E-state index in [-0.39, 0.29) is 19.1 Å². The summed E-state index contributed by atoms with van der Waals surface area (Å²) in [5, 5.41) is 9.86. The number of benzene rings is 2. The molecule has 1 fully saturated rings. The molecule has 1 saturated heterocycles. The highest BCUT2D eigenvalue weighted by Crippen LogP contribution is 2.24. The summed E-state index contributed by atoms with van der Waals surface area (Å²) in [5.74, 6) is 1.18. The number of aliphatic hydroxyl groups excluding tert-OH is 1. The zero-order valence-electron chi connectivity index (χ0n) is 14.7. The Hall–Kier alpha value is -2.04. The number of hydrogen-bond donors (Lipinski definition) is 1. The van der Waals surface area contributed by atoms with Crippen molar-refractivity contribution in [3.8, 4) is 5.75 Å². The summed E-state index contributed by atoms with van der Waals surface area (Å²) >= 11 is 6.21. The summed E-state index contributed by atoms with van der Waals surface area (Å²) in [6.07, 6.45) is 3.01. The van der Waals surface area contributed by atoms with E-state index in [4.69, 9.17) is 21.4 Å². The van der Waals surface area contributed by atoms with Gasteiger partial charge in [-0.25, -0.2) is 0 Å². The molecule has 0 saturated carbocycles. The Labute approximate surface area is 159 Å². The number of hydrogen-bond acceptors (Lipinski definition) is 3. The first-order chi connectivity index (χ1) is 12.7. The molecule has 4 nitrogen and oxygen atoms in total. The minimum atomic E-state index is 0.00255. The zero-order valence-corrected chi connectivity index (χ0v) is 15.5. The molecule has 0 aliphatic carbocycles. The molecule has 2 aromatic carbocycles. The number of likely N-dealkylation sites (tertiary alicyclic amines) is 1. The smallest absolute Gasteiger partial charge is 0.260 e. The van der Waals surface area contributed by atoms with Crippen LogP contribution in [-0.4, -0.2) is 35.6 Å². The predicted octanol–water partition coefficient (Wildman–Crippen LogP) is 3.69. The summed E-state index contributed by atoms with van der Waals surface area (Å²) in [5.41, 5.74) is 2.00. The number of amides is 1. The van der Waals surface area contributed by atoms with Gasteiger partial charge in [-0.1, -0.05) is 41.9 Å². The van der Waals surface area contributed by atoms with Gasteiger partial charge in [0.05, 0.1) is 6.61 Å². The van der Waals surface area contributed by atoms with Crippen molar-refractivity contribution in [3.63, 3.8) is 0 Å². The Balaban J connectivity index is 1.42. The summed E-state index contributed by atoms with van der Waals surface area (Å²) in [7, 11) is 0. The van der Waals surface area contributed by atoms with Crippen LogP contribution in [0.25, 0.3) is 0 Å². The van der Waals surface area contributed by atoms with Crippen molar-refractivity contribution in [2.24, 2.45) is 5.92 Å². The van der Waals surface area contributed by atoms with Crippen molar-refractivity contribution in [3.05, 3.63) is 64.7 Å². The van der Waals surface area contributed by atoms with E-state index in [0.29, 0.717) is 11.7 Å². The lowest BCUT2D eigenvalue weighted by atomic mass is 9.99. The van der Waals surface area contributed by atoms with Crippen molar-refractivity contribution in [2.75, 3.05) is 19.7 Å². The molecule has 0 radical (unpaired) electrons. The molecule has 26 heavy (non-hydrogen) atoms. The molecule has 2 aromatic rings. The van der Waals surface area contributed by atoms with E-state index >= 15 is 0 Å². The monoisotopic (exact) mass is 373 g/mol. The number of carbonyl (C=O) groups excluding carboxylic acids is 1. The Morgan fingerprint density at radius 3 is 2.69 bits per heavy atom. The standard InChI is InChI=1S/C21H24ClNO3/c22-20-4-2-1-3-18(20)8-5-16-11-12-23(13-16)21(25)15-26-19-9-6-17(14-24)7-10-19/h1-4,6-7,9-10,16,24H,5,8,11-15H2. The molecule has 1 aliphatic heterocycles. The van der Waals surface area contributed by atoms with Crippen molar-refractivity contribution in [2.45, 2.75) is 25.9 Å². The number of halogens is 1. The van der Waals surface area contributed by atoms with Crippen molar-refractivity contribution in [1.82, 2.24) is 4.90 Å². The molecule has 1 N–H and O–H groups in total. The number of nitrogens with zero attached hydrogens (tertiary/aromatic N) is 1. The molecule has 1 atom stereocenters. The Morgan fingerprint density at radius 1 is 1.19 bits per heavy atom. The molecule has 1 heterocycles. The summed E-state index contributed by atoms with van der Waals surface area (Å²) in [6.45, 7) is 1.63. The van der Waals surface area contributed by atoms with Gasteiger partial charge in [0.1, 0.15) is 5.75 Å². The number of ether oxygens (including phenoxy) is 1. The first kappa shape index (κ1) is 18.7. The second-order valence-corrected chi connectivity index (χ2v) is 7.12. The van der Waals surface area contributed by atoms with Crippen LogP contribution in [0, 0.1) is 5.92 Å². The lowest BCUT2D eigenvalue weighted by molar-refractivity contribution is -0.132. The van der Waals surface area contributed by atoms with Crippen molar-refractivity contribution < 1.29 is 14.6 Å². The van der Waals surface area contributed by atoms with Gasteiger partial charge in [0.2, 0.25) is 0 Å². The van der Waals surface area contributed by atoms with E-state index in [1.165, 1.54) is 5.56 Å². The molecule has 1 amide bonds. The fourth-order valence-corrected chi connectivity index (χ4v) is 3.51. The molecular weight excluding hydrogens is 350 g/mol. The van der Waals surface area contributed by atoms with Crippen LogP contribution in [0.4, 0.5) is 0 Å². The zero-order chi connectivity index (χ0) is 18.4. The average molecular weight is 374 g/mol. The largest absolute Gasteiger partial charge is 0.484 e. The maximum absolute atomic E-state index is 12.4. The molecule has 0 aromatic heterocycles. The van der Waals surface area contributed by atoms with Gasteiger partial charge in [-0.2, -0.15) is 0 Å². The van der Waals surface area contributed by atoms with E-state index < -0.39 is 0 Å². The Morgan fingerprint density at radius 2 is 1.96 bits per heavy atom. The highest BCUT2D eigenvalue weighted by Gasteiger charge is 2.26. The van der Waals surface area contributed by atoms with Gasteiger partial charge < -0.3 is 14.7 Å². The Bertz CT molecular complexity index is 732. The van der Waals surface area contributed by atoms with Crippen LogP contribution in [-0.2, 0) is 17.8 Å². The maximum atomic E-state index is 12.4. The molecule has 1 unspecified atom stereocenters. The molecule has 0 bridgehead atoms. The van der Waals surface area contributed by atoms with E-state index in [1.807, 2.05) is 23.1 Å². The summed E-state index contributed by atoms with van der Waals surface area (Å²) in [4.78, 5) is 14.2. The van der Waals surface area contributed by atoms with Crippen LogP contribution in [0.3, 0.4) is 0 Å². The maximum Gasteiger partial charge on any atom is 0.260 e. The van der Waals surface area contributed by atoms with Crippen molar-refractivity contribution >= 4 is 17.5 Å². The van der Waals surface area contributed by atoms with E-state index in [2.05, 4.69) is 6.07 Å². The lowest BCUT2D eigenvalue weighted by Crippen LogP contribution is -2.33. The van der Waals surface area contributed by atoms with Crippen molar-refractivity contribution in [1.29, 1.82) is 0 Å². The van der Waals surface area contributed by atoms with Gasteiger partial charge in [-0.3, -0.25) is 4.79 Å². The predicted molar refractivity (Wildman–Crippen MR) is 102 cm³/mol. The normalized spacial score (nSPS) is 16.7. The van der Waals surface area contributed by atoms with Gasteiger partial charge in [0.15, 0.2) is 6.61 Å². The minimum absolute atomic E-state index is 0.00255. The van der Waals surface area contributed by atoms with Crippen LogP contribution in [0.5, 0.6) is 5.75 Å². The van der Waals surface area contributed by atoms with Crippen LogP contribution < -0.4 is 4.74 Å². The number of aryl methyl sites for hydroxylation is 1. The van der Waals surface area contributed by atoms with Gasteiger partial charge in [-0.05, 0) is 54.5 Å². The fraction of sp³-hybridized carbons (Fsp3) is 0.381. The highest BCUT2D eigenvalue weighted by atomic mass is 35.5. The number of carbonyl (C=O) groups is 1. The Kier molecular flexibility index (Phi) is 6.53. The third-order valence-electron chi connectivity index (χ3n) is 4.89. The molecule has 138 valence electrons. The number of rotatable bonds is 7. The first-order valence-corrected chi connectivity index (χ1v) is 9.37. The minimum Gasteiger partial charge on any atom is -0.484 e. The van der Waals surface area contributed by atoms with Crippen LogP contribution in [0.2, 0.25) is 5.02 Å². The highest BCUT2D eigenvalue weighted by molar-refractivity contribution is 6.31. The lowest BCUT2D eigenvalue weighted by Gasteiger charge is -2.17. The number of aliphatic hydroxyl groups is 1. The van der Waals surface area contributed by atoms with Gasteiger partial charge in [-0.15, -0.1) is 0 Å². The van der Waals surface area contributed by atoms with E-state index in [1.54, 1.807) is 24.3 Å². The third-order valence-corrected chi connectivity index (χ3v) is 5.26. The quantitative estimate of drug-likeness (QED) is 0.805. The summed E-state index contributed by atoms with van der Waals surface area (Å²) in [6, 6.07) is 15.1. The van der Waals surface area contributed by atoms with Crippen LogP contribution >= 0.6 is 11.6 Å². The summed E-state index contributed by atoms with van der Waals surface area (Å²) < 4.78 is 5.57. The van der Waals surface area contributed by atoms with Crippen LogP contribution in [0.1, 0.15) is 24.0 Å². The SMILES string of the molecule is O=C(COc1ccc(CO)cc1)N1CCC(CCc2ccccc2Cl)C1. The second-order valence-electron chi connectivity index (χ2n) is 6.72. The van der Waals surface area contributed by atoms with Crippen LogP contribution in [0.15, 0.2) is 48.5 Å².